The summed E-state index contributed by atoms with van der Waals surface area (Å²) in [5.41, 5.74) is -0.364. The number of likely N-dealkylation sites (N-methyl/N-ethyl adjacent to an activating group) is 1. The molecule has 0 fully saturated rings. The van der Waals surface area contributed by atoms with Gasteiger partial charge in [-0.05, 0) is 13.8 Å². The number of hydrogen-bond acceptors (Lipinski definition) is 5. The first kappa shape index (κ1) is 11.6. The normalized spacial score (nSPS) is 11.2. The van der Waals surface area contributed by atoms with Crippen LogP contribution in [0.4, 0.5) is 5.95 Å². The second-order valence-electron chi connectivity index (χ2n) is 4.10. The van der Waals surface area contributed by atoms with Gasteiger partial charge in [-0.2, -0.15) is 0 Å². The van der Waals surface area contributed by atoms with Gasteiger partial charge >= 0.3 is 0 Å². The third-order valence-corrected chi connectivity index (χ3v) is 1.76. The summed E-state index contributed by atoms with van der Waals surface area (Å²) in [4.78, 5) is 20.1. The number of aliphatic hydroxyl groups is 1. The van der Waals surface area contributed by atoms with Gasteiger partial charge in [0.2, 0.25) is 5.95 Å². The van der Waals surface area contributed by atoms with Gasteiger partial charge in [-0.25, -0.2) is 9.97 Å². The lowest BCUT2D eigenvalue weighted by Gasteiger charge is -2.25. The highest BCUT2D eigenvalue weighted by Crippen LogP contribution is 2.09. The first-order valence-electron chi connectivity index (χ1n) is 4.63. The topological polar surface area (TPSA) is 66.3 Å². The zero-order chi connectivity index (χ0) is 11.5. The highest BCUT2D eigenvalue weighted by Gasteiger charge is 2.17. The van der Waals surface area contributed by atoms with Gasteiger partial charge < -0.3 is 10.0 Å². The Bertz CT molecular complexity index is 330. The molecule has 5 nitrogen and oxygen atoms in total. The maximum atomic E-state index is 10.4. The summed E-state index contributed by atoms with van der Waals surface area (Å²) in [7, 11) is 1.79. The third kappa shape index (κ3) is 3.63. The van der Waals surface area contributed by atoms with E-state index in [1.807, 2.05) is 0 Å². The number of hydrogen-bond donors (Lipinski definition) is 1. The first-order valence-corrected chi connectivity index (χ1v) is 4.63. The van der Waals surface area contributed by atoms with Crippen LogP contribution in [0, 0.1) is 0 Å². The van der Waals surface area contributed by atoms with E-state index in [-0.39, 0.29) is 0 Å². The Morgan fingerprint density at radius 1 is 1.47 bits per heavy atom. The molecule has 1 heterocycles. The predicted octanol–water partition coefficient (Wildman–Crippen LogP) is 0.496. The molecule has 0 spiro atoms. The molecule has 0 aliphatic rings. The van der Waals surface area contributed by atoms with Gasteiger partial charge in [0.1, 0.15) is 0 Å². The molecule has 1 rings (SSSR count). The second-order valence-corrected chi connectivity index (χ2v) is 4.10. The molecule has 1 N–H and O–H groups in total. The molecular weight excluding hydrogens is 194 g/mol. The predicted molar refractivity (Wildman–Crippen MR) is 57.0 cm³/mol. The summed E-state index contributed by atoms with van der Waals surface area (Å²) < 4.78 is 0. The summed E-state index contributed by atoms with van der Waals surface area (Å²) >= 11 is 0. The lowest BCUT2D eigenvalue weighted by Crippen LogP contribution is -2.37. The molecule has 0 bridgehead atoms. The van der Waals surface area contributed by atoms with Crippen molar-refractivity contribution in [3.8, 4) is 0 Å². The molecule has 1 aromatic heterocycles. The van der Waals surface area contributed by atoms with Crippen molar-refractivity contribution in [3.05, 3.63) is 18.0 Å². The van der Waals surface area contributed by atoms with Crippen LogP contribution < -0.4 is 4.90 Å². The van der Waals surface area contributed by atoms with Crippen molar-refractivity contribution in [3.63, 3.8) is 0 Å². The minimum Gasteiger partial charge on any atom is -0.389 e. The Labute approximate surface area is 88.8 Å². The highest BCUT2D eigenvalue weighted by molar-refractivity contribution is 5.73. The summed E-state index contributed by atoms with van der Waals surface area (Å²) in [5, 5.41) is 9.60. The minimum absolute atomic E-state index is 0.424. The van der Waals surface area contributed by atoms with Gasteiger partial charge in [0.25, 0.3) is 0 Å². The van der Waals surface area contributed by atoms with Crippen LogP contribution >= 0.6 is 0 Å². The molecule has 15 heavy (non-hydrogen) atoms. The maximum Gasteiger partial charge on any atom is 0.225 e. The number of nitrogens with zero attached hydrogens (tertiary/aromatic N) is 3. The van der Waals surface area contributed by atoms with Crippen molar-refractivity contribution in [2.45, 2.75) is 19.4 Å². The van der Waals surface area contributed by atoms with Crippen LogP contribution in [0.5, 0.6) is 0 Å². The SMILES string of the molecule is CN(CC(C)(C)O)c1ncc(C=O)cn1. The van der Waals surface area contributed by atoms with E-state index in [1.165, 1.54) is 12.4 Å². The van der Waals surface area contributed by atoms with Crippen LogP contribution in [0.1, 0.15) is 24.2 Å². The monoisotopic (exact) mass is 209 g/mol. The Balaban J connectivity index is 2.74. The van der Waals surface area contributed by atoms with Crippen LogP contribution in [-0.4, -0.2) is 40.6 Å². The molecule has 1 aromatic rings. The van der Waals surface area contributed by atoms with Crippen molar-refractivity contribution >= 4 is 12.2 Å². The first-order chi connectivity index (χ1) is 6.92. The van der Waals surface area contributed by atoms with Crippen molar-refractivity contribution in [1.82, 2.24) is 9.97 Å². The summed E-state index contributed by atoms with van der Waals surface area (Å²) in [6.45, 7) is 3.85. The van der Waals surface area contributed by atoms with Gasteiger partial charge in [0.05, 0.1) is 11.2 Å². The van der Waals surface area contributed by atoms with Crippen LogP contribution in [0.3, 0.4) is 0 Å². The average Bonchev–Trinajstić information content (AvgIpc) is 2.15. The molecule has 82 valence electrons. The molecule has 0 radical (unpaired) electrons. The molecule has 0 atom stereocenters. The fourth-order valence-electron chi connectivity index (χ4n) is 1.24. The average molecular weight is 209 g/mol. The molecule has 0 saturated heterocycles. The molecule has 0 aromatic carbocycles. The highest BCUT2D eigenvalue weighted by atomic mass is 16.3. The number of carbonyl (C=O) groups excluding carboxylic acids is 1. The summed E-state index contributed by atoms with van der Waals surface area (Å²) in [5.74, 6) is 0.489. The van der Waals surface area contributed by atoms with Crippen LogP contribution in [0.25, 0.3) is 0 Å². The smallest absolute Gasteiger partial charge is 0.225 e. The molecule has 5 heteroatoms. The van der Waals surface area contributed by atoms with E-state index >= 15 is 0 Å². The Hall–Kier alpha value is -1.49. The van der Waals surface area contributed by atoms with Gasteiger partial charge in [-0.1, -0.05) is 0 Å². The minimum atomic E-state index is -0.804. The lowest BCUT2D eigenvalue weighted by molar-refractivity contribution is 0.0882. The van der Waals surface area contributed by atoms with E-state index in [0.717, 1.165) is 0 Å². The maximum absolute atomic E-state index is 10.4. The summed E-state index contributed by atoms with van der Waals surface area (Å²) in [6.07, 6.45) is 3.60. The van der Waals surface area contributed by atoms with Crippen molar-refractivity contribution in [2.24, 2.45) is 0 Å². The Morgan fingerprint density at radius 2 is 2.00 bits per heavy atom. The number of rotatable bonds is 4. The quantitative estimate of drug-likeness (QED) is 0.731. The van der Waals surface area contributed by atoms with E-state index in [2.05, 4.69) is 9.97 Å². The fraction of sp³-hybridized carbons (Fsp3) is 0.500. The van der Waals surface area contributed by atoms with Gasteiger partial charge in [0.15, 0.2) is 6.29 Å². The molecule has 0 amide bonds. The Kier molecular flexibility index (Phi) is 3.36. The van der Waals surface area contributed by atoms with E-state index in [4.69, 9.17) is 0 Å². The zero-order valence-corrected chi connectivity index (χ0v) is 9.14. The Morgan fingerprint density at radius 3 is 2.40 bits per heavy atom. The van der Waals surface area contributed by atoms with Crippen molar-refractivity contribution in [2.75, 3.05) is 18.5 Å². The molecule has 0 aliphatic carbocycles. The van der Waals surface area contributed by atoms with Crippen LogP contribution in [0.15, 0.2) is 12.4 Å². The van der Waals surface area contributed by atoms with Gasteiger partial charge in [-0.15, -0.1) is 0 Å². The van der Waals surface area contributed by atoms with E-state index in [9.17, 15) is 9.90 Å². The second kappa shape index (κ2) is 4.35. The largest absolute Gasteiger partial charge is 0.389 e. The number of aldehydes is 1. The zero-order valence-electron chi connectivity index (χ0n) is 9.14. The van der Waals surface area contributed by atoms with Gasteiger partial charge in [0, 0.05) is 26.0 Å². The third-order valence-electron chi connectivity index (χ3n) is 1.76. The van der Waals surface area contributed by atoms with E-state index < -0.39 is 5.60 Å². The van der Waals surface area contributed by atoms with Crippen molar-refractivity contribution in [1.29, 1.82) is 0 Å². The van der Waals surface area contributed by atoms with Crippen LogP contribution in [-0.2, 0) is 0 Å². The lowest BCUT2D eigenvalue weighted by atomic mass is 10.1. The number of anilines is 1. The van der Waals surface area contributed by atoms with Crippen molar-refractivity contribution < 1.29 is 9.90 Å². The number of carbonyl (C=O) groups is 1. The molecule has 0 unspecified atom stereocenters. The van der Waals surface area contributed by atoms with E-state index in [1.54, 1.807) is 25.8 Å². The fourth-order valence-corrected chi connectivity index (χ4v) is 1.24. The van der Waals surface area contributed by atoms with E-state index in [0.29, 0.717) is 24.3 Å². The molecular formula is C10H15N3O2. The standard InChI is InChI=1S/C10H15N3O2/c1-10(2,15)7-13(3)9-11-4-8(6-14)5-12-9/h4-6,15H,7H2,1-3H3. The summed E-state index contributed by atoms with van der Waals surface area (Å²) in [6, 6.07) is 0. The van der Waals surface area contributed by atoms with Crippen LogP contribution in [0.2, 0.25) is 0 Å². The van der Waals surface area contributed by atoms with Gasteiger partial charge in [-0.3, -0.25) is 4.79 Å². The molecule has 0 saturated carbocycles. The molecule has 0 aliphatic heterocycles. The number of aromatic nitrogens is 2.